The van der Waals surface area contributed by atoms with Crippen molar-refractivity contribution in [2.24, 2.45) is 11.1 Å². The zero-order valence-corrected chi connectivity index (χ0v) is 10.6. The Morgan fingerprint density at radius 2 is 1.80 bits per heavy atom. The summed E-state index contributed by atoms with van der Waals surface area (Å²) in [5, 5.41) is 8.76. The van der Waals surface area contributed by atoms with Crippen LogP contribution in [0.15, 0.2) is 0 Å². The fourth-order valence-corrected chi connectivity index (χ4v) is 1.61. The minimum Gasteiger partial charge on any atom is -0.396 e. The van der Waals surface area contributed by atoms with Crippen molar-refractivity contribution in [3.63, 3.8) is 0 Å². The van der Waals surface area contributed by atoms with Crippen molar-refractivity contribution >= 4 is 0 Å². The van der Waals surface area contributed by atoms with Crippen molar-refractivity contribution in [1.82, 2.24) is 4.90 Å². The van der Waals surface area contributed by atoms with Gasteiger partial charge in [-0.05, 0) is 44.3 Å². The largest absolute Gasteiger partial charge is 0.396 e. The number of aliphatic hydroxyl groups is 1. The summed E-state index contributed by atoms with van der Waals surface area (Å²) in [6, 6.07) is 0. The molecule has 0 unspecified atom stereocenters. The normalized spacial score (nSPS) is 12.4. The van der Waals surface area contributed by atoms with Crippen LogP contribution in [0.5, 0.6) is 0 Å². The van der Waals surface area contributed by atoms with Gasteiger partial charge in [-0.2, -0.15) is 0 Å². The zero-order valence-electron chi connectivity index (χ0n) is 10.6. The first-order valence-electron chi connectivity index (χ1n) is 6.09. The van der Waals surface area contributed by atoms with E-state index in [0.717, 1.165) is 32.6 Å². The first-order valence-corrected chi connectivity index (χ1v) is 6.09. The molecule has 0 atom stereocenters. The molecule has 3 N–H and O–H groups in total. The van der Waals surface area contributed by atoms with Gasteiger partial charge >= 0.3 is 0 Å². The SMILES string of the molecule is CCN(CCCO)CCCC(C)(C)CN. The quantitative estimate of drug-likeness (QED) is 0.613. The van der Waals surface area contributed by atoms with Gasteiger partial charge in [0, 0.05) is 13.2 Å². The molecule has 0 aromatic carbocycles. The lowest BCUT2D eigenvalue weighted by Crippen LogP contribution is -2.29. The van der Waals surface area contributed by atoms with Crippen LogP contribution in [0.3, 0.4) is 0 Å². The van der Waals surface area contributed by atoms with Gasteiger partial charge in [0.2, 0.25) is 0 Å². The van der Waals surface area contributed by atoms with E-state index in [-0.39, 0.29) is 5.41 Å². The highest BCUT2D eigenvalue weighted by atomic mass is 16.3. The van der Waals surface area contributed by atoms with Crippen molar-refractivity contribution in [3.05, 3.63) is 0 Å². The predicted octanol–water partition coefficient (Wildman–Crippen LogP) is 1.46. The minimum absolute atomic E-state index is 0.274. The van der Waals surface area contributed by atoms with Gasteiger partial charge in [0.15, 0.2) is 0 Å². The lowest BCUT2D eigenvalue weighted by Gasteiger charge is -2.25. The molecule has 3 heteroatoms. The molecule has 0 aliphatic carbocycles. The van der Waals surface area contributed by atoms with E-state index in [2.05, 4.69) is 25.7 Å². The van der Waals surface area contributed by atoms with Gasteiger partial charge in [0.1, 0.15) is 0 Å². The second kappa shape index (κ2) is 8.08. The molecule has 0 fully saturated rings. The summed E-state index contributed by atoms with van der Waals surface area (Å²) in [6.07, 6.45) is 3.26. The van der Waals surface area contributed by atoms with E-state index < -0.39 is 0 Å². The van der Waals surface area contributed by atoms with Crippen molar-refractivity contribution in [2.45, 2.75) is 40.0 Å². The van der Waals surface area contributed by atoms with Crippen molar-refractivity contribution in [3.8, 4) is 0 Å². The number of aliphatic hydroxyl groups excluding tert-OH is 1. The fraction of sp³-hybridized carbons (Fsp3) is 1.00. The second-order valence-corrected chi connectivity index (χ2v) is 4.98. The Balaban J connectivity index is 3.62. The molecule has 15 heavy (non-hydrogen) atoms. The Bertz CT molecular complexity index is 149. The van der Waals surface area contributed by atoms with Gasteiger partial charge in [-0.25, -0.2) is 0 Å². The van der Waals surface area contributed by atoms with Gasteiger partial charge in [0.05, 0.1) is 0 Å². The highest BCUT2D eigenvalue weighted by Crippen LogP contribution is 2.20. The van der Waals surface area contributed by atoms with E-state index in [0.29, 0.717) is 6.61 Å². The molecule has 3 nitrogen and oxygen atoms in total. The monoisotopic (exact) mass is 216 g/mol. The molecular formula is C12H28N2O. The molecule has 0 aliphatic heterocycles. The molecule has 0 aromatic rings. The average molecular weight is 216 g/mol. The fourth-order valence-electron chi connectivity index (χ4n) is 1.61. The van der Waals surface area contributed by atoms with E-state index in [1.54, 1.807) is 0 Å². The molecule has 92 valence electrons. The molecule has 0 saturated carbocycles. The smallest absolute Gasteiger partial charge is 0.0443 e. The molecule has 0 radical (unpaired) electrons. The molecule has 0 aromatic heterocycles. The summed E-state index contributed by atoms with van der Waals surface area (Å²) in [5.74, 6) is 0. The van der Waals surface area contributed by atoms with Crippen LogP contribution < -0.4 is 5.73 Å². The first kappa shape index (κ1) is 14.9. The third-order valence-corrected chi connectivity index (χ3v) is 2.96. The summed E-state index contributed by atoms with van der Waals surface area (Å²) in [4.78, 5) is 2.39. The molecule has 0 heterocycles. The Hall–Kier alpha value is -0.120. The lowest BCUT2D eigenvalue weighted by atomic mass is 9.88. The van der Waals surface area contributed by atoms with Gasteiger partial charge < -0.3 is 15.7 Å². The summed E-state index contributed by atoms with van der Waals surface area (Å²) in [5.41, 5.74) is 5.96. The molecular weight excluding hydrogens is 188 g/mol. The van der Waals surface area contributed by atoms with Gasteiger partial charge in [0.25, 0.3) is 0 Å². The second-order valence-electron chi connectivity index (χ2n) is 4.98. The van der Waals surface area contributed by atoms with Gasteiger partial charge in [-0.1, -0.05) is 20.8 Å². The summed E-state index contributed by atoms with van der Waals surface area (Å²) >= 11 is 0. The van der Waals surface area contributed by atoms with E-state index in [1.807, 2.05) is 0 Å². The van der Waals surface area contributed by atoms with E-state index in [9.17, 15) is 0 Å². The average Bonchev–Trinajstić information content (AvgIpc) is 2.23. The minimum atomic E-state index is 0.274. The summed E-state index contributed by atoms with van der Waals surface area (Å²) in [7, 11) is 0. The number of nitrogens with two attached hydrogens (primary N) is 1. The molecule has 0 amide bonds. The van der Waals surface area contributed by atoms with Crippen molar-refractivity contribution < 1.29 is 5.11 Å². The highest BCUT2D eigenvalue weighted by molar-refractivity contribution is 4.70. The molecule has 0 saturated heterocycles. The predicted molar refractivity (Wildman–Crippen MR) is 65.9 cm³/mol. The summed E-state index contributed by atoms with van der Waals surface area (Å²) < 4.78 is 0. The molecule has 0 rings (SSSR count). The third kappa shape index (κ3) is 7.77. The van der Waals surface area contributed by atoms with Gasteiger partial charge in [-0.3, -0.25) is 0 Å². The number of hydrogen-bond acceptors (Lipinski definition) is 3. The van der Waals surface area contributed by atoms with Crippen LogP contribution in [0.1, 0.15) is 40.0 Å². The number of nitrogens with zero attached hydrogens (tertiary/aromatic N) is 1. The van der Waals surface area contributed by atoms with Crippen molar-refractivity contribution in [1.29, 1.82) is 0 Å². The Morgan fingerprint density at radius 1 is 1.20 bits per heavy atom. The highest BCUT2D eigenvalue weighted by Gasteiger charge is 2.15. The standard InChI is InChI=1S/C12H28N2O/c1-4-14(9-6-10-15)8-5-7-12(2,3)11-13/h15H,4-11,13H2,1-3H3. The van der Waals surface area contributed by atoms with Crippen LogP contribution in [0, 0.1) is 5.41 Å². The van der Waals surface area contributed by atoms with Crippen molar-refractivity contribution in [2.75, 3.05) is 32.8 Å². The van der Waals surface area contributed by atoms with E-state index in [1.165, 1.54) is 12.8 Å². The maximum Gasteiger partial charge on any atom is 0.0443 e. The zero-order chi connectivity index (χ0) is 11.7. The summed E-state index contributed by atoms with van der Waals surface area (Å²) in [6.45, 7) is 10.9. The van der Waals surface area contributed by atoms with E-state index >= 15 is 0 Å². The molecule has 0 bridgehead atoms. The first-order chi connectivity index (χ1) is 7.05. The Morgan fingerprint density at radius 3 is 2.27 bits per heavy atom. The van der Waals surface area contributed by atoms with Crippen LogP contribution >= 0.6 is 0 Å². The Kier molecular flexibility index (Phi) is 8.02. The maximum absolute atomic E-state index is 8.76. The van der Waals surface area contributed by atoms with Crippen LogP contribution in [0.4, 0.5) is 0 Å². The third-order valence-electron chi connectivity index (χ3n) is 2.96. The number of hydrogen-bond donors (Lipinski definition) is 2. The van der Waals surface area contributed by atoms with Gasteiger partial charge in [-0.15, -0.1) is 0 Å². The maximum atomic E-state index is 8.76. The van der Waals surface area contributed by atoms with Crippen LogP contribution in [-0.4, -0.2) is 42.8 Å². The lowest BCUT2D eigenvalue weighted by molar-refractivity contribution is 0.217. The molecule has 0 aliphatic rings. The number of rotatable bonds is 9. The van der Waals surface area contributed by atoms with E-state index in [4.69, 9.17) is 10.8 Å². The van der Waals surface area contributed by atoms with Crippen LogP contribution in [0.25, 0.3) is 0 Å². The van der Waals surface area contributed by atoms with Crippen LogP contribution in [0.2, 0.25) is 0 Å². The molecule has 0 spiro atoms. The van der Waals surface area contributed by atoms with Crippen LogP contribution in [-0.2, 0) is 0 Å². The Labute approximate surface area is 94.6 Å². The topological polar surface area (TPSA) is 49.5 Å².